The van der Waals surface area contributed by atoms with Crippen molar-refractivity contribution in [1.82, 2.24) is 9.88 Å². The molecule has 0 aromatic carbocycles. The maximum Gasteiger partial charge on any atom is 0.325 e. The highest BCUT2D eigenvalue weighted by Crippen LogP contribution is 2.18. The molecule has 0 aliphatic carbocycles. The molecule has 1 amide bonds. The summed E-state index contributed by atoms with van der Waals surface area (Å²) in [7, 11) is 2.42. The quantitative estimate of drug-likeness (QED) is 0.561. The summed E-state index contributed by atoms with van der Waals surface area (Å²) in [6.07, 6.45) is 3.34. The van der Waals surface area contributed by atoms with Gasteiger partial charge < -0.3 is 14.4 Å². The number of ether oxygens (including phenoxy) is 2. The molecular weight excluding hydrogens is 296 g/mol. The van der Waals surface area contributed by atoms with Crippen LogP contribution in [0.15, 0.2) is 23.4 Å². The summed E-state index contributed by atoms with van der Waals surface area (Å²) >= 11 is 1.30. The number of rotatable bonds is 6. The Labute approximate surface area is 126 Å². The van der Waals surface area contributed by atoms with Gasteiger partial charge in [-0.05, 0) is 18.4 Å². The Morgan fingerprint density at radius 3 is 2.24 bits per heavy atom. The van der Waals surface area contributed by atoms with Gasteiger partial charge in [0.2, 0.25) is 0 Å². The van der Waals surface area contributed by atoms with Gasteiger partial charge in [0, 0.05) is 6.20 Å². The van der Waals surface area contributed by atoms with Gasteiger partial charge in [0.15, 0.2) is 0 Å². The molecule has 0 aliphatic rings. The van der Waals surface area contributed by atoms with Crippen molar-refractivity contribution in [2.75, 3.05) is 33.6 Å². The Kier molecular flexibility index (Phi) is 6.67. The monoisotopic (exact) mass is 312 g/mol. The lowest BCUT2D eigenvalue weighted by Gasteiger charge is -2.20. The van der Waals surface area contributed by atoms with E-state index in [-0.39, 0.29) is 13.1 Å². The van der Waals surface area contributed by atoms with Crippen LogP contribution in [0.25, 0.3) is 0 Å². The number of hydrogen-bond acceptors (Lipinski definition) is 7. The average Bonchev–Trinajstić information content (AvgIpc) is 2.52. The molecule has 114 valence electrons. The third-order valence-corrected chi connectivity index (χ3v) is 3.29. The minimum atomic E-state index is -0.623. The number of carbonyl (C=O) groups is 3. The first-order valence-corrected chi connectivity index (χ1v) is 7.17. The van der Waals surface area contributed by atoms with E-state index in [2.05, 4.69) is 14.5 Å². The predicted molar refractivity (Wildman–Crippen MR) is 76.0 cm³/mol. The van der Waals surface area contributed by atoms with E-state index in [9.17, 15) is 14.4 Å². The van der Waals surface area contributed by atoms with Gasteiger partial charge in [-0.1, -0.05) is 0 Å². The molecule has 0 bridgehead atoms. The van der Waals surface area contributed by atoms with Crippen LogP contribution in [0.3, 0.4) is 0 Å². The van der Waals surface area contributed by atoms with Crippen LogP contribution in [0, 0.1) is 0 Å². The van der Waals surface area contributed by atoms with E-state index in [0.717, 1.165) is 4.90 Å². The predicted octanol–water partition coefficient (Wildman–Crippen LogP) is 0.592. The molecule has 1 aromatic rings. The van der Waals surface area contributed by atoms with Gasteiger partial charge in [0.05, 0.1) is 19.8 Å². The fraction of sp³-hybridized carbons (Fsp3) is 0.385. The Balaban J connectivity index is 3.03. The van der Waals surface area contributed by atoms with Crippen molar-refractivity contribution in [3.63, 3.8) is 0 Å². The Bertz CT molecular complexity index is 517. The summed E-state index contributed by atoms with van der Waals surface area (Å²) in [5.41, 5.74) is 0.317. The maximum absolute atomic E-state index is 12.5. The van der Waals surface area contributed by atoms with Crippen molar-refractivity contribution in [3.8, 4) is 0 Å². The lowest BCUT2D eigenvalue weighted by atomic mass is 10.2. The normalized spacial score (nSPS) is 9.86. The molecule has 0 fully saturated rings. The fourth-order valence-electron chi connectivity index (χ4n) is 1.53. The van der Waals surface area contributed by atoms with E-state index in [1.165, 1.54) is 26.0 Å². The number of thioether (sulfide) groups is 1. The fourth-order valence-corrected chi connectivity index (χ4v) is 2.07. The van der Waals surface area contributed by atoms with Gasteiger partial charge in [0.1, 0.15) is 18.1 Å². The highest BCUT2D eigenvalue weighted by Gasteiger charge is 2.24. The standard InChI is InChI=1S/C13H16N2O5S/c1-19-10(16)7-15(8-11(17)20-2)13(18)9-5-4-6-14-12(9)21-3/h4-6H,7-8H2,1-3H3. The molecule has 0 unspecified atom stereocenters. The molecule has 1 rings (SSSR count). The lowest BCUT2D eigenvalue weighted by Crippen LogP contribution is -2.40. The minimum absolute atomic E-state index is 0.317. The molecule has 0 atom stereocenters. The first-order valence-electron chi connectivity index (χ1n) is 5.95. The minimum Gasteiger partial charge on any atom is -0.468 e. The second-order valence-electron chi connectivity index (χ2n) is 3.87. The SMILES string of the molecule is COC(=O)CN(CC(=O)OC)C(=O)c1cccnc1SC. The first kappa shape index (κ1) is 17.0. The number of esters is 2. The number of nitrogens with zero attached hydrogens (tertiary/aromatic N) is 2. The van der Waals surface area contributed by atoms with Crippen LogP contribution in [0.5, 0.6) is 0 Å². The molecule has 8 heteroatoms. The number of carbonyl (C=O) groups excluding carboxylic acids is 3. The third-order valence-electron chi connectivity index (χ3n) is 2.58. The molecule has 0 aliphatic heterocycles. The van der Waals surface area contributed by atoms with Crippen LogP contribution < -0.4 is 0 Å². The third kappa shape index (κ3) is 4.75. The van der Waals surface area contributed by atoms with E-state index in [1.54, 1.807) is 24.6 Å². The van der Waals surface area contributed by atoms with Crippen LogP contribution in [-0.4, -0.2) is 61.3 Å². The van der Waals surface area contributed by atoms with Crippen molar-refractivity contribution >= 4 is 29.6 Å². The second-order valence-corrected chi connectivity index (χ2v) is 4.67. The molecule has 0 radical (unpaired) electrons. The summed E-state index contributed by atoms with van der Waals surface area (Å²) in [5.74, 6) is -1.73. The number of amides is 1. The van der Waals surface area contributed by atoms with Gasteiger partial charge in [-0.2, -0.15) is 0 Å². The number of aromatic nitrogens is 1. The van der Waals surface area contributed by atoms with Crippen LogP contribution in [0.2, 0.25) is 0 Å². The van der Waals surface area contributed by atoms with E-state index in [4.69, 9.17) is 0 Å². The largest absolute Gasteiger partial charge is 0.468 e. The van der Waals surface area contributed by atoms with Gasteiger partial charge >= 0.3 is 11.9 Å². The Morgan fingerprint density at radius 2 is 1.76 bits per heavy atom. The zero-order valence-electron chi connectivity index (χ0n) is 12.0. The van der Waals surface area contributed by atoms with Crippen LogP contribution in [0.4, 0.5) is 0 Å². The molecule has 21 heavy (non-hydrogen) atoms. The Hall–Kier alpha value is -2.09. The van der Waals surface area contributed by atoms with Crippen molar-refractivity contribution in [2.24, 2.45) is 0 Å². The van der Waals surface area contributed by atoms with Gasteiger partial charge in [-0.3, -0.25) is 14.4 Å². The van der Waals surface area contributed by atoms with Gasteiger partial charge in [0.25, 0.3) is 5.91 Å². The van der Waals surface area contributed by atoms with Crippen molar-refractivity contribution in [3.05, 3.63) is 23.9 Å². The van der Waals surface area contributed by atoms with Gasteiger partial charge in [-0.15, -0.1) is 11.8 Å². The number of methoxy groups -OCH3 is 2. The van der Waals surface area contributed by atoms with Gasteiger partial charge in [-0.25, -0.2) is 4.98 Å². The first-order chi connectivity index (χ1) is 10.0. The maximum atomic E-state index is 12.5. The molecule has 0 saturated carbocycles. The average molecular weight is 312 g/mol. The lowest BCUT2D eigenvalue weighted by molar-refractivity contribution is -0.144. The molecule has 0 spiro atoms. The molecule has 1 aromatic heterocycles. The van der Waals surface area contributed by atoms with E-state index in [0.29, 0.717) is 10.6 Å². The summed E-state index contributed by atoms with van der Waals surface area (Å²) in [6.45, 7) is -0.680. The summed E-state index contributed by atoms with van der Waals surface area (Å²) in [5, 5.41) is 0.516. The van der Waals surface area contributed by atoms with Crippen LogP contribution in [-0.2, 0) is 19.1 Å². The van der Waals surface area contributed by atoms with Crippen LogP contribution >= 0.6 is 11.8 Å². The molecule has 1 heterocycles. The summed E-state index contributed by atoms with van der Waals surface area (Å²) < 4.78 is 9.07. The van der Waals surface area contributed by atoms with E-state index < -0.39 is 17.8 Å². The summed E-state index contributed by atoms with van der Waals surface area (Å²) in [6, 6.07) is 3.20. The summed E-state index contributed by atoms with van der Waals surface area (Å²) in [4.78, 5) is 40.4. The second kappa shape index (κ2) is 8.25. The molecule has 0 saturated heterocycles. The smallest absolute Gasteiger partial charge is 0.325 e. The van der Waals surface area contributed by atoms with Crippen molar-refractivity contribution < 1.29 is 23.9 Å². The zero-order chi connectivity index (χ0) is 15.8. The number of hydrogen-bond donors (Lipinski definition) is 0. The topological polar surface area (TPSA) is 85.8 Å². The molecular formula is C13H16N2O5S. The van der Waals surface area contributed by atoms with Crippen molar-refractivity contribution in [2.45, 2.75) is 5.03 Å². The van der Waals surface area contributed by atoms with E-state index >= 15 is 0 Å². The zero-order valence-corrected chi connectivity index (χ0v) is 12.8. The van der Waals surface area contributed by atoms with Crippen LogP contribution in [0.1, 0.15) is 10.4 Å². The molecule has 7 nitrogen and oxygen atoms in total. The van der Waals surface area contributed by atoms with Crippen molar-refractivity contribution in [1.29, 1.82) is 0 Å². The highest BCUT2D eigenvalue weighted by molar-refractivity contribution is 7.98. The van der Waals surface area contributed by atoms with E-state index in [1.807, 2.05) is 0 Å². The number of pyridine rings is 1. The molecule has 0 N–H and O–H groups in total. The highest BCUT2D eigenvalue weighted by atomic mass is 32.2. The Morgan fingerprint density at radius 1 is 1.19 bits per heavy atom.